The number of aromatic hydroxyl groups is 1. The minimum absolute atomic E-state index is 0.0505. The second-order valence-electron chi connectivity index (χ2n) is 5.28. The molecule has 0 heterocycles. The van der Waals surface area contributed by atoms with Gasteiger partial charge in [-0.25, -0.2) is 0 Å². The molecule has 1 aromatic carbocycles. The van der Waals surface area contributed by atoms with E-state index < -0.39 is 0 Å². The van der Waals surface area contributed by atoms with Crippen LogP contribution < -0.4 is 0 Å². The number of phenols is 1. The van der Waals surface area contributed by atoms with Crippen molar-refractivity contribution >= 4 is 5.78 Å². The van der Waals surface area contributed by atoms with Crippen molar-refractivity contribution in [1.29, 1.82) is 0 Å². The Morgan fingerprint density at radius 3 is 2.47 bits per heavy atom. The number of Topliss-reactive ketones (excluding diaryl/α,β-unsaturated/α-hetero) is 1. The van der Waals surface area contributed by atoms with Crippen LogP contribution in [0.2, 0.25) is 0 Å². The van der Waals surface area contributed by atoms with Crippen LogP contribution in [0.3, 0.4) is 0 Å². The third kappa shape index (κ3) is 2.68. The fraction of sp³-hybridized carbons (Fsp3) is 0.533. The number of hydrogen-bond acceptors (Lipinski definition) is 2. The van der Waals surface area contributed by atoms with Gasteiger partial charge >= 0.3 is 0 Å². The van der Waals surface area contributed by atoms with E-state index in [0.29, 0.717) is 11.5 Å². The number of rotatable bonds is 2. The predicted molar refractivity (Wildman–Crippen MR) is 68.5 cm³/mol. The number of carbonyl (C=O) groups is 1. The van der Waals surface area contributed by atoms with E-state index in [1.54, 1.807) is 19.1 Å². The molecule has 0 atom stereocenters. The first-order chi connectivity index (χ1) is 8.08. The monoisotopic (exact) mass is 232 g/mol. The summed E-state index contributed by atoms with van der Waals surface area (Å²) in [7, 11) is 0. The van der Waals surface area contributed by atoms with Crippen LogP contribution in [0.5, 0.6) is 5.75 Å². The molecule has 0 amide bonds. The van der Waals surface area contributed by atoms with Crippen LogP contribution in [0.1, 0.15) is 61.4 Å². The summed E-state index contributed by atoms with van der Waals surface area (Å²) in [6.07, 6.45) is 4.80. The number of benzene rings is 1. The molecule has 1 N–H and O–H groups in total. The molecule has 0 aromatic heterocycles. The Labute approximate surface area is 103 Å². The quantitative estimate of drug-likeness (QED) is 0.785. The van der Waals surface area contributed by atoms with Crippen molar-refractivity contribution in [3.05, 3.63) is 29.3 Å². The molecule has 0 spiro atoms. The van der Waals surface area contributed by atoms with Gasteiger partial charge in [-0.05, 0) is 49.3 Å². The SMILES string of the molecule is CC(=O)c1cc(O)ccc1C1CCC(C)CC1. The Morgan fingerprint density at radius 1 is 1.24 bits per heavy atom. The molecule has 1 fully saturated rings. The molecule has 1 aliphatic carbocycles. The second kappa shape index (κ2) is 4.91. The lowest BCUT2D eigenvalue weighted by Gasteiger charge is -2.27. The normalized spacial score (nSPS) is 24.6. The lowest BCUT2D eigenvalue weighted by atomic mass is 9.77. The lowest BCUT2D eigenvalue weighted by molar-refractivity contribution is 0.101. The zero-order chi connectivity index (χ0) is 12.4. The Morgan fingerprint density at radius 2 is 1.88 bits per heavy atom. The van der Waals surface area contributed by atoms with Crippen LogP contribution in [-0.4, -0.2) is 10.9 Å². The van der Waals surface area contributed by atoms with E-state index >= 15 is 0 Å². The van der Waals surface area contributed by atoms with E-state index in [-0.39, 0.29) is 11.5 Å². The summed E-state index contributed by atoms with van der Waals surface area (Å²) in [6.45, 7) is 3.86. The summed E-state index contributed by atoms with van der Waals surface area (Å²) in [5.74, 6) is 1.53. The summed E-state index contributed by atoms with van der Waals surface area (Å²) < 4.78 is 0. The highest BCUT2D eigenvalue weighted by molar-refractivity contribution is 5.96. The van der Waals surface area contributed by atoms with Crippen molar-refractivity contribution < 1.29 is 9.90 Å². The largest absolute Gasteiger partial charge is 0.508 e. The van der Waals surface area contributed by atoms with Gasteiger partial charge in [0.25, 0.3) is 0 Å². The zero-order valence-electron chi connectivity index (χ0n) is 10.6. The summed E-state index contributed by atoms with van der Waals surface area (Å²) >= 11 is 0. The highest BCUT2D eigenvalue weighted by Crippen LogP contribution is 2.37. The molecule has 1 aromatic rings. The minimum atomic E-state index is 0.0505. The van der Waals surface area contributed by atoms with Crippen LogP contribution >= 0.6 is 0 Å². The highest BCUT2D eigenvalue weighted by Gasteiger charge is 2.23. The van der Waals surface area contributed by atoms with Gasteiger partial charge in [0, 0.05) is 5.56 Å². The van der Waals surface area contributed by atoms with E-state index in [9.17, 15) is 9.90 Å². The van der Waals surface area contributed by atoms with Gasteiger partial charge in [-0.2, -0.15) is 0 Å². The van der Waals surface area contributed by atoms with Gasteiger partial charge in [0.1, 0.15) is 5.75 Å². The Hall–Kier alpha value is -1.31. The molecule has 2 nitrogen and oxygen atoms in total. The molecule has 0 aliphatic heterocycles. The number of hydrogen-bond donors (Lipinski definition) is 1. The molecule has 0 radical (unpaired) electrons. The molecule has 17 heavy (non-hydrogen) atoms. The van der Waals surface area contributed by atoms with Crippen molar-refractivity contribution in [3.63, 3.8) is 0 Å². The van der Waals surface area contributed by atoms with Crippen LogP contribution in [0, 0.1) is 5.92 Å². The highest BCUT2D eigenvalue weighted by atomic mass is 16.3. The first-order valence-corrected chi connectivity index (χ1v) is 6.41. The number of phenolic OH excluding ortho intramolecular Hbond substituents is 1. The minimum Gasteiger partial charge on any atom is -0.508 e. The zero-order valence-corrected chi connectivity index (χ0v) is 10.6. The maximum atomic E-state index is 11.6. The average Bonchev–Trinajstić information content (AvgIpc) is 2.30. The predicted octanol–water partition coefficient (Wildman–Crippen LogP) is 3.89. The molecule has 0 saturated heterocycles. The average molecular weight is 232 g/mol. The van der Waals surface area contributed by atoms with Crippen LogP contribution in [0.15, 0.2) is 18.2 Å². The summed E-state index contributed by atoms with van der Waals surface area (Å²) in [6, 6.07) is 5.22. The van der Waals surface area contributed by atoms with Crippen LogP contribution in [0.25, 0.3) is 0 Å². The first kappa shape index (κ1) is 12.2. The maximum Gasteiger partial charge on any atom is 0.160 e. The third-order valence-electron chi connectivity index (χ3n) is 3.87. The van der Waals surface area contributed by atoms with Crippen LogP contribution in [-0.2, 0) is 0 Å². The number of carbonyl (C=O) groups excluding carboxylic acids is 1. The van der Waals surface area contributed by atoms with Gasteiger partial charge in [0.15, 0.2) is 5.78 Å². The fourth-order valence-corrected chi connectivity index (χ4v) is 2.78. The summed E-state index contributed by atoms with van der Waals surface area (Å²) in [5, 5.41) is 9.47. The molecular weight excluding hydrogens is 212 g/mol. The van der Waals surface area contributed by atoms with Gasteiger partial charge in [-0.1, -0.05) is 25.8 Å². The molecule has 2 rings (SSSR count). The second-order valence-corrected chi connectivity index (χ2v) is 5.28. The van der Waals surface area contributed by atoms with Crippen molar-refractivity contribution in [2.24, 2.45) is 5.92 Å². The van der Waals surface area contributed by atoms with Crippen LogP contribution in [0.4, 0.5) is 0 Å². The Kier molecular flexibility index (Phi) is 3.51. The first-order valence-electron chi connectivity index (χ1n) is 6.41. The molecule has 1 aliphatic rings. The third-order valence-corrected chi connectivity index (χ3v) is 3.87. The van der Waals surface area contributed by atoms with E-state index in [1.807, 2.05) is 6.07 Å². The molecule has 0 unspecified atom stereocenters. The Bertz CT molecular complexity index is 415. The fourth-order valence-electron chi connectivity index (χ4n) is 2.78. The van der Waals surface area contributed by atoms with Crippen molar-refractivity contribution in [3.8, 4) is 5.75 Å². The van der Waals surface area contributed by atoms with E-state index in [0.717, 1.165) is 24.3 Å². The molecule has 1 saturated carbocycles. The van der Waals surface area contributed by atoms with Crippen molar-refractivity contribution in [2.75, 3.05) is 0 Å². The maximum absolute atomic E-state index is 11.6. The topological polar surface area (TPSA) is 37.3 Å². The van der Waals surface area contributed by atoms with E-state index in [1.165, 1.54) is 12.8 Å². The summed E-state index contributed by atoms with van der Waals surface area (Å²) in [4.78, 5) is 11.6. The molecule has 2 heteroatoms. The molecule has 0 bridgehead atoms. The number of ketones is 1. The van der Waals surface area contributed by atoms with E-state index in [4.69, 9.17) is 0 Å². The van der Waals surface area contributed by atoms with E-state index in [2.05, 4.69) is 6.92 Å². The summed E-state index contributed by atoms with van der Waals surface area (Å²) in [5.41, 5.74) is 1.83. The standard InChI is InChI=1S/C15H20O2/c1-10-3-5-12(6-4-10)14-8-7-13(17)9-15(14)11(2)16/h7-10,12,17H,3-6H2,1-2H3. The van der Waals surface area contributed by atoms with Gasteiger partial charge in [-0.15, -0.1) is 0 Å². The molecule has 92 valence electrons. The molecular formula is C15H20O2. The smallest absolute Gasteiger partial charge is 0.160 e. The van der Waals surface area contributed by atoms with Crippen molar-refractivity contribution in [2.45, 2.75) is 45.4 Å². The van der Waals surface area contributed by atoms with Crippen molar-refractivity contribution in [1.82, 2.24) is 0 Å². The van der Waals surface area contributed by atoms with Gasteiger partial charge in [0.05, 0.1) is 0 Å². The Balaban J connectivity index is 2.28. The van der Waals surface area contributed by atoms with Gasteiger partial charge in [-0.3, -0.25) is 4.79 Å². The lowest BCUT2D eigenvalue weighted by Crippen LogP contribution is -2.13. The van der Waals surface area contributed by atoms with Gasteiger partial charge < -0.3 is 5.11 Å². The van der Waals surface area contributed by atoms with Gasteiger partial charge in [0.2, 0.25) is 0 Å².